The van der Waals surface area contributed by atoms with E-state index in [4.69, 9.17) is 9.47 Å². The molecule has 0 amide bonds. The first-order valence-electron chi connectivity index (χ1n) is 6.97. The number of piperazine rings is 1. The third-order valence-corrected chi connectivity index (χ3v) is 3.71. The molecule has 0 aliphatic carbocycles. The Morgan fingerprint density at radius 3 is 2.32 bits per heavy atom. The van der Waals surface area contributed by atoms with Crippen LogP contribution in [0.25, 0.3) is 0 Å². The normalized spacial score (nSPS) is 20.1. The largest absolute Gasteiger partial charge is 0.486 e. The molecule has 2 heterocycles. The Bertz CT molecular complexity index is 507. The standard InChI is InChI=1S/C14H17F3N2O2.ClH/c15-14(16,17)13(19-5-3-18-4-6-19)10-1-2-11-12(9-10)21-8-7-20-11;/h1-2,9,13,18H,3-8H2;1H/t13-;/m0./s1. The summed E-state index contributed by atoms with van der Waals surface area (Å²) in [6, 6.07) is 2.89. The highest BCUT2D eigenvalue weighted by Crippen LogP contribution is 2.41. The van der Waals surface area contributed by atoms with Gasteiger partial charge in [0.2, 0.25) is 0 Å². The lowest BCUT2D eigenvalue weighted by Crippen LogP contribution is -2.49. The summed E-state index contributed by atoms with van der Waals surface area (Å²) in [5.41, 5.74) is 0.202. The zero-order valence-corrected chi connectivity index (χ0v) is 12.7. The molecule has 0 saturated carbocycles. The van der Waals surface area contributed by atoms with Crippen molar-refractivity contribution >= 4 is 12.4 Å². The van der Waals surface area contributed by atoms with Crippen LogP contribution in [-0.2, 0) is 0 Å². The maximum atomic E-state index is 13.5. The number of fused-ring (bicyclic) bond motifs is 1. The van der Waals surface area contributed by atoms with Crippen molar-refractivity contribution in [1.82, 2.24) is 10.2 Å². The van der Waals surface area contributed by atoms with E-state index in [1.54, 1.807) is 6.07 Å². The third-order valence-electron chi connectivity index (χ3n) is 3.71. The fourth-order valence-corrected chi connectivity index (χ4v) is 2.78. The van der Waals surface area contributed by atoms with Gasteiger partial charge < -0.3 is 14.8 Å². The van der Waals surface area contributed by atoms with Crippen LogP contribution >= 0.6 is 12.4 Å². The van der Waals surface area contributed by atoms with Crippen LogP contribution in [0.1, 0.15) is 11.6 Å². The summed E-state index contributed by atoms with van der Waals surface area (Å²) in [4.78, 5) is 1.46. The monoisotopic (exact) mass is 338 g/mol. The van der Waals surface area contributed by atoms with Crippen molar-refractivity contribution in [2.45, 2.75) is 12.2 Å². The van der Waals surface area contributed by atoms with Crippen molar-refractivity contribution in [2.24, 2.45) is 0 Å². The lowest BCUT2D eigenvalue weighted by atomic mass is 10.0. The van der Waals surface area contributed by atoms with E-state index in [-0.39, 0.29) is 18.0 Å². The molecule has 1 saturated heterocycles. The van der Waals surface area contributed by atoms with Gasteiger partial charge in [-0.25, -0.2) is 0 Å². The molecule has 1 aromatic carbocycles. The van der Waals surface area contributed by atoms with Crippen molar-refractivity contribution in [3.05, 3.63) is 23.8 Å². The smallest absolute Gasteiger partial charge is 0.408 e. The number of halogens is 4. The first-order chi connectivity index (χ1) is 10.1. The highest BCUT2D eigenvalue weighted by Gasteiger charge is 2.45. The summed E-state index contributed by atoms with van der Waals surface area (Å²) < 4.78 is 51.2. The SMILES string of the molecule is Cl.FC(F)(F)[C@H](c1ccc2c(c1)OCCO2)N1CCNCC1. The summed E-state index contributed by atoms with van der Waals surface area (Å²) in [5, 5.41) is 3.07. The molecule has 1 atom stereocenters. The third kappa shape index (κ3) is 3.59. The topological polar surface area (TPSA) is 33.7 Å². The van der Waals surface area contributed by atoms with Crippen LogP contribution in [0.2, 0.25) is 0 Å². The number of benzene rings is 1. The lowest BCUT2D eigenvalue weighted by molar-refractivity contribution is -0.187. The van der Waals surface area contributed by atoms with Crippen molar-refractivity contribution in [3.63, 3.8) is 0 Å². The number of alkyl halides is 3. The van der Waals surface area contributed by atoms with Gasteiger partial charge in [0.1, 0.15) is 19.3 Å². The molecule has 4 nitrogen and oxygen atoms in total. The first kappa shape index (κ1) is 17.2. The van der Waals surface area contributed by atoms with Gasteiger partial charge in [-0.3, -0.25) is 4.90 Å². The second-order valence-corrected chi connectivity index (χ2v) is 5.13. The minimum absolute atomic E-state index is 0. The van der Waals surface area contributed by atoms with Gasteiger partial charge in [-0.05, 0) is 17.7 Å². The molecule has 0 aromatic heterocycles. The summed E-state index contributed by atoms with van der Waals surface area (Å²) in [7, 11) is 0. The van der Waals surface area contributed by atoms with E-state index in [0.717, 1.165) is 0 Å². The molecule has 0 spiro atoms. The maximum absolute atomic E-state index is 13.5. The molecule has 2 aliphatic rings. The summed E-state index contributed by atoms with van der Waals surface area (Å²) in [6.45, 7) is 2.67. The van der Waals surface area contributed by atoms with E-state index >= 15 is 0 Å². The van der Waals surface area contributed by atoms with Crippen LogP contribution in [0.3, 0.4) is 0 Å². The van der Waals surface area contributed by atoms with Gasteiger partial charge in [0.05, 0.1) is 0 Å². The molecule has 0 unspecified atom stereocenters. The van der Waals surface area contributed by atoms with E-state index < -0.39 is 12.2 Å². The molecule has 8 heteroatoms. The Labute approximate surface area is 133 Å². The molecular weight excluding hydrogens is 321 g/mol. The highest BCUT2D eigenvalue weighted by molar-refractivity contribution is 5.85. The Kier molecular flexibility index (Phi) is 5.41. The average Bonchev–Trinajstić information content (AvgIpc) is 2.47. The molecule has 3 rings (SSSR count). The predicted octanol–water partition coefficient (Wildman–Crippen LogP) is 2.39. The van der Waals surface area contributed by atoms with Crippen molar-refractivity contribution in [1.29, 1.82) is 0 Å². The molecule has 0 radical (unpaired) electrons. The Hall–Kier alpha value is -1.18. The van der Waals surface area contributed by atoms with E-state index in [0.29, 0.717) is 50.9 Å². The van der Waals surface area contributed by atoms with Gasteiger partial charge in [0.25, 0.3) is 0 Å². The van der Waals surface area contributed by atoms with E-state index in [1.807, 2.05) is 0 Å². The number of nitrogens with zero attached hydrogens (tertiary/aromatic N) is 1. The number of hydrogen-bond acceptors (Lipinski definition) is 4. The Balaban J connectivity index is 0.00000176. The fourth-order valence-electron chi connectivity index (χ4n) is 2.78. The van der Waals surface area contributed by atoms with Gasteiger partial charge in [-0.1, -0.05) is 6.07 Å². The van der Waals surface area contributed by atoms with Crippen molar-refractivity contribution < 1.29 is 22.6 Å². The van der Waals surface area contributed by atoms with E-state index in [2.05, 4.69) is 5.32 Å². The van der Waals surface area contributed by atoms with Crippen LogP contribution in [0.5, 0.6) is 11.5 Å². The van der Waals surface area contributed by atoms with E-state index in [9.17, 15) is 13.2 Å². The number of ether oxygens (including phenoxy) is 2. The number of nitrogens with one attached hydrogen (secondary N) is 1. The van der Waals surface area contributed by atoms with E-state index in [1.165, 1.54) is 17.0 Å². The zero-order valence-electron chi connectivity index (χ0n) is 11.9. The molecule has 1 aromatic rings. The minimum Gasteiger partial charge on any atom is -0.486 e. The first-order valence-corrected chi connectivity index (χ1v) is 6.97. The highest BCUT2D eigenvalue weighted by atomic mass is 35.5. The molecule has 1 N–H and O–H groups in total. The summed E-state index contributed by atoms with van der Waals surface area (Å²) in [6.07, 6.45) is -4.32. The van der Waals surface area contributed by atoms with Crippen molar-refractivity contribution in [2.75, 3.05) is 39.4 Å². The Morgan fingerprint density at radius 1 is 1.05 bits per heavy atom. The van der Waals surface area contributed by atoms with Crippen LogP contribution in [0.15, 0.2) is 18.2 Å². The molecular formula is C14H18ClF3N2O2. The Morgan fingerprint density at radius 2 is 1.68 bits per heavy atom. The molecule has 1 fully saturated rings. The average molecular weight is 339 g/mol. The minimum atomic E-state index is -4.32. The van der Waals surface area contributed by atoms with Gasteiger partial charge in [-0.2, -0.15) is 13.2 Å². The van der Waals surface area contributed by atoms with Crippen LogP contribution in [-0.4, -0.2) is 50.5 Å². The maximum Gasteiger partial charge on any atom is 0.408 e. The van der Waals surface area contributed by atoms with Crippen LogP contribution in [0, 0.1) is 0 Å². The lowest BCUT2D eigenvalue weighted by Gasteiger charge is -2.36. The summed E-state index contributed by atoms with van der Waals surface area (Å²) >= 11 is 0. The number of hydrogen-bond donors (Lipinski definition) is 1. The van der Waals surface area contributed by atoms with Crippen molar-refractivity contribution in [3.8, 4) is 11.5 Å². The second kappa shape index (κ2) is 6.93. The summed E-state index contributed by atoms with van der Waals surface area (Å²) in [5.74, 6) is 0.898. The zero-order chi connectivity index (χ0) is 14.9. The van der Waals surface area contributed by atoms with Crippen LogP contribution in [0.4, 0.5) is 13.2 Å². The molecule has 124 valence electrons. The van der Waals surface area contributed by atoms with Gasteiger partial charge in [0, 0.05) is 26.2 Å². The second-order valence-electron chi connectivity index (χ2n) is 5.13. The molecule has 2 aliphatic heterocycles. The van der Waals surface area contributed by atoms with Gasteiger partial charge >= 0.3 is 6.18 Å². The predicted molar refractivity (Wildman–Crippen MR) is 77.9 cm³/mol. The quantitative estimate of drug-likeness (QED) is 0.898. The number of rotatable bonds is 2. The molecule has 22 heavy (non-hydrogen) atoms. The van der Waals surface area contributed by atoms with Crippen LogP contribution < -0.4 is 14.8 Å². The molecule has 0 bridgehead atoms. The van der Waals surface area contributed by atoms with Gasteiger partial charge in [0.15, 0.2) is 11.5 Å². The van der Waals surface area contributed by atoms with Gasteiger partial charge in [-0.15, -0.1) is 12.4 Å². The fraction of sp³-hybridized carbons (Fsp3) is 0.571.